The fourth-order valence-corrected chi connectivity index (χ4v) is 18.7. The van der Waals surface area contributed by atoms with Gasteiger partial charge in [0.05, 0.1) is 53.2 Å². The Kier molecular flexibility index (Phi) is 21.0. The van der Waals surface area contributed by atoms with E-state index in [1.807, 2.05) is 32.1 Å². The average molecular weight is 1290 g/mol. The summed E-state index contributed by atoms with van der Waals surface area (Å²) >= 11 is 0. The van der Waals surface area contributed by atoms with Crippen LogP contribution < -0.4 is 43.5 Å². The van der Waals surface area contributed by atoms with E-state index in [-0.39, 0.29) is 45.4 Å². The van der Waals surface area contributed by atoms with Crippen LogP contribution in [0.4, 0.5) is 11.4 Å². The van der Waals surface area contributed by atoms with Crippen molar-refractivity contribution < 1.29 is 57.6 Å². The van der Waals surface area contributed by atoms with Crippen LogP contribution in [-0.2, 0) is 39.0 Å². The molecule has 454 valence electrons. The van der Waals surface area contributed by atoms with Crippen molar-refractivity contribution in [1.29, 1.82) is 0 Å². The molecule has 0 atom stereocenters. The first-order valence-corrected chi connectivity index (χ1v) is 34.6. The van der Waals surface area contributed by atoms with Crippen LogP contribution in [0.5, 0.6) is 0 Å². The van der Waals surface area contributed by atoms with Gasteiger partial charge >= 0.3 is 0 Å². The van der Waals surface area contributed by atoms with Crippen molar-refractivity contribution >= 4 is 89.0 Å². The lowest BCUT2D eigenvalue weighted by atomic mass is 9.95. The molecule has 15 nitrogen and oxygen atoms in total. The highest BCUT2D eigenvalue weighted by Gasteiger charge is 2.48. The lowest BCUT2D eigenvalue weighted by Crippen LogP contribution is -3.00. The first-order chi connectivity index (χ1) is 41.9. The van der Waals surface area contributed by atoms with Crippen molar-refractivity contribution in [2.45, 2.75) is 113 Å². The number of aryl methyl sites for hydroxylation is 2. The molecular formula is C68H74BrN6O9PS2. The molecule has 13 rings (SSSR count). The number of nitrogens with zero attached hydrogens (tertiary/aromatic N) is 4. The molecule has 0 unspecified atom stereocenters. The zero-order valence-electron chi connectivity index (χ0n) is 49.0. The quantitative estimate of drug-likeness (QED) is 0.0691. The van der Waals surface area contributed by atoms with Gasteiger partial charge in [-0.25, -0.2) is 34.7 Å². The first-order valence-electron chi connectivity index (χ1n) is 29.7. The minimum absolute atomic E-state index is 0. The lowest BCUT2D eigenvalue weighted by Gasteiger charge is -2.29. The number of rotatable bonds is 16. The number of aromatic nitrogens is 4. The van der Waals surface area contributed by atoms with E-state index in [2.05, 4.69) is 112 Å². The maximum Gasteiger partial charge on any atom is 0.269 e. The number of aldehydes is 1. The number of fused-ring (bicyclic) bond motifs is 2. The molecule has 9 aromatic rings. The maximum atomic E-state index is 13.4. The zero-order chi connectivity index (χ0) is 59.5. The number of ether oxygens (including phenoxy) is 4. The number of carbonyl (C=O) groups excluding carboxylic acids is 1. The SMILES string of the molecule is Cc1ccc(S(=O)(=O)n2ccc3c(NC4CCCCC4)c(C=CC4OCCO4)cnc32)cc1.Cc1ccc(S(=O)(=O)n2ccc3c(NC4CCCCC4)c(C=O)cnc32)cc1.[Br-].c1ccc([P+](CC2OCCO2)(c2ccccc2)c2ccccc2)cc1. The molecule has 2 aliphatic heterocycles. The van der Waals surface area contributed by atoms with E-state index in [1.165, 1.54) is 61.9 Å². The molecule has 0 spiro atoms. The molecule has 4 fully saturated rings. The summed E-state index contributed by atoms with van der Waals surface area (Å²) in [7, 11) is -9.38. The van der Waals surface area contributed by atoms with Crippen molar-refractivity contribution in [3.63, 3.8) is 0 Å². The topological polar surface area (TPSA) is 182 Å². The van der Waals surface area contributed by atoms with Crippen molar-refractivity contribution in [1.82, 2.24) is 17.9 Å². The molecule has 4 aliphatic rings. The molecular weight excluding hydrogens is 1220 g/mol. The molecule has 19 heteroatoms. The minimum Gasteiger partial charge on any atom is -1.00 e. The van der Waals surface area contributed by atoms with Crippen LogP contribution in [0.3, 0.4) is 0 Å². The number of anilines is 2. The predicted molar refractivity (Wildman–Crippen MR) is 344 cm³/mol. The Labute approximate surface area is 521 Å². The van der Waals surface area contributed by atoms with E-state index in [4.69, 9.17) is 18.9 Å². The summed E-state index contributed by atoms with van der Waals surface area (Å²) in [5.41, 5.74) is 5.65. The van der Waals surface area contributed by atoms with Crippen LogP contribution in [0, 0.1) is 13.8 Å². The van der Waals surface area contributed by atoms with Gasteiger partial charge in [-0.3, -0.25) is 4.79 Å². The highest BCUT2D eigenvalue weighted by atomic mass is 79.9. The highest BCUT2D eigenvalue weighted by molar-refractivity contribution is 7.95. The minimum atomic E-state index is -3.77. The summed E-state index contributed by atoms with van der Waals surface area (Å²) in [6.07, 6.45) is 22.7. The largest absolute Gasteiger partial charge is 1.00 e. The van der Waals surface area contributed by atoms with E-state index < -0.39 is 27.3 Å². The van der Waals surface area contributed by atoms with Gasteiger partial charge in [-0.2, -0.15) is 0 Å². The molecule has 0 amide bonds. The third kappa shape index (κ3) is 14.4. The maximum absolute atomic E-state index is 13.4. The Balaban J connectivity index is 0.000000145. The van der Waals surface area contributed by atoms with E-state index >= 15 is 0 Å². The Morgan fingerprint density at radius 1 is 0.517 bits per heavy atom. The zero-order valence-corrected chi connectivity index (χ0v) is 53.1. The van der Waals surface area contributed by atoms with Crippen molar-refractivity contribution in [2.75, 3.05) is 43.2 Å². The van der Waals surface area contributed by atoms with Gasteiger partial charge in [0.15, 0.2) is 30.2 Å². The van der Waals surface area contributed by atoms with Gasteiger partial charge in [0.1, 0.15) is 29.3 Å². The van der Waals surface area contributed by atoms with Crippen molar-refractivity contribution in [3.8, 4) is 0 Å². The lowest BCUT2D eigenvalue weighted by molar-refractivity contribution is -0.0223. The number of halogens is 1. The number of benzene rings is 5. The summed E-state index contributed by atoms with van der Waals surface area (Å²) < 4.78 is 78.2. The molecule has 0 bridgehead atoms. The van der Waals surface area contributed by atoms with Crippen molar-refractivity contribution in [3.05, 3.63) is 205 Å². The van der Waals surface area contributed by atoms with Crippen LogP contribution in [-0.4, -0.2) is 98.3 Å². The standard InChI is InChI=1S/C25H29N3O4S.C22H22O2P.C21H23N3O3S.BrH/c1-18-7-10-21(11-8-18)33(29,30)28-14-13-22-24(27-20-5-3-2-4-6-20)19(17-26-25(22)28)9-12-23-31-15-16-32-23;1-4-10-19(11-5-1)25(18-22-23-16-17-24-22,20-12-6-2-7-13-20)21-14-8-3-9-15-21;1-15-7-9-18(10-8-15)28(26,27)24-12-11-19-20(16(14-25)13-22-21(19)24)23-17-5-3-2-4-6-17;/h7-14,17,20,23H,2-6,15-16H2,1H3,(H,26,27);1-15,22H,16-18H2;7-14,17H,2-6H2,1H3,(H,22,23);1H/q;+1;;/p-1. The third-order valence-electron chi connectivity index (χ3n) is 16.4. The molecule has 4 aromatic heterocycles. The highest BCUT2D eigenvalue weighted by Crippen LogP contribution is 2.56. The smallest absolute Gasteiger partial charge is 0.269 e. The fraction of sp³-hybridized carbons (Fsp3) is 0.309. The van der Waals surface area contributed by atoms with Gasteiger partial charge in [0.2, 0.25) is 0 Å². The van der Waals surface area contributed by atoms with Crippen LogP contribution in [0.15, 0.2) is 192 Å². The summed E-state index contributed by atoms with van der Waals surface area (Å²) in [5, 5.41) is 12.7. The third-order valence-corrected chi connectivity index (χ3v) is 24.1. The van der Waals surface area contributed by atoms with Crippen LogP contribution in [0.25, 0.3) is 28.1 Å². The monoisotopic (exact) mass is 1290 g/mol. The molecule has 5 aromatic carbocycles. The number of nitrogens with one attached hydrogen (secondary N) is 2. The molecule has 2 aliphatic carbocycles. The van der Waals surface area contributed by atoms with Gasteiger partial charge in [-0.1, -0.05) is 135 Å². The number of carbonyl (C=O) groups is 1. The van der Waals surface area contributed by atoms with E-state index in [9.17, 15) is 21.6 Å². The second-order valence-electron chi connectivity index (χ2n) is 22.2. The Morgan fingerprint density at radius 2 is 0.908 bits per heavy atom. The Bertz CT molecular complexity index is 3880. The Morgan fingerprint density at radius 3 is 1.32 bits per heavy atom. The van der Waals surface area contributed by atoms with E-state index in [1.54, 1.807) is 67.0 Å². The predicted octanol–water partition coefficient (Wildman–Crippen LogP) is 9.21. The van der Waals surface area contributed by atoms with Crippen LogP contribution in [0.1, 0.15) is 91.3 Å². The van der Waals surface area contributed by atoms with Gasteiger partial charge in [0, 0.05) is 53.2 Å². The van der Waals surface area contributed by atoms with Crippen molar-refractivity contribution in [2.24, 2.45) is 0 Å². The van der Waals surface area contributed by atoms with Gasteiger partial charge in [-0.05, 0) is 118 Å². The molecule has 0 radical (unpaired) electrons. The summed E-state index contributed by atoms with van der Waals surface area (Å²) in [4.78, 5) is 20.9. The number of hydrogen-bond acceptors (Lipinski definition) is 13. The normalized spacial score (nSPS) is 16.4. The second kappa shape index (κ2) is 29.0. The van der Waals surface area contributed by atoms with E-state index in [0.717, 1.165) is 78.7 Å². The molecule has 2 saturated carbocycles. The second-order valence-corrected chi connectivity index (χ2v) is 29.4. The molecule has 2 saturated heterocycles. The molecule has 87 heavy (non-hydrogen) atoms. The van der Waals surface area contributed by atoms with Crippen LogP contribution in [0.2, 0.25) is 0 Å². The van der Waals surface area contributed by atoms with E-state index in [0.29, 0.717) is 60.4 Å². The van der Waals surface area contributed by atoms with Gasteiger partial charge in [-0.15, -0.1) is 0 Å². The molecule has 6 heterocycles. The first kappa shape index (κ1) is 63.2. The van der Waals surface area contributed by atoms with Gasteiger partial charge < -0.3 is 46.6 Å². The number of hydrogen-bond donors (Lipinski definition) is 2. The summed E-state index contributed by atoms with van der Waals surface area (Å²) in [5.74, 6) is 0. The van der Waals surface area contributed by atoms with Gasteiger partial charge in [0.25, 0.3) is 20.0 Å². The molecule has 2 N–H and O–H groups in total. The number of pyridine rings is 2. The Hall–Kier alpha value is -6.86. The van der Waals surface area contributed by atoms with Crippen LogP contribution >= 0.6 is 7.26 Å². The average Bonchev–Trinajstić information content (AvgIpc) is 2.54. The summed E-state index contributed by atoms with van der Waals surface area (Å²) in [6, 6.07) is 50.3. The summed E-state index contributed by atoms with van der Waals surface area (Å²) in [6.45, 7) is 6.38. The fourth-order valence-electron chi connectivity index (χ4n) is 11.8.